The summed E-state index contributed by atoms with van der Waals surface area (Å²) in [4.78, 5) is 39.0. The monoisotopic (exact) mass is 612 g/mol. The molecule has 2 aromatic carbocycles. The summed E-state index contributed by atoms with van der Waals surface area (Å²) in [5.74, 6) is 4.76. The fourth-order valence-electron chi connectivity index (χ4n) is 4.19. The molecule has 1 atom stereocenters. The van der Waals surface area contributed by atoms with Crippen molar-refractivity contribution in [3.63, 3.8) is 0 Å². The number of hydrogen-bond acceptors (Lipinski definition) is 7. The number of anilines is 2. The maximum Gasteiger partial charge on any atom is 0.417 e. The van der Waals surface area contributed by atoms with Gasteiger partial charge < -0.3 is 21.1 Å². The first-order valence-corrected chi connectivity index (χ1v) is 13.2. The van der Waals surface area contributed by atoms with E-state index in [1.54, 1.807) is 25.1 Å². The second-order valence-corrected chi connectivity index (χ2v) is 10.1. The number of benzene rings is 2. The van der Waals surface area contributed by atoms with Crippen molar-refractivity contribution in [2.24, 2.45) is 4.99 Å². The van der Waals surface area contributed by atoms with Crippen molar-refractivity contribution in [2.75, 3.05) is 24.1 Å². The molecule has 6 N–H and O–H groups in total. The van der Waals surface area contributed by atoms with Gasteiger partial charge in [0.25, 0.3) is 17.5 Å². The average molecular weight is 613 g/mol. The third kappa shape index (κ3) is 7.35. The molecule has 43 heavy (non-hydrogen) atoms. The Balaban J connectivity index is 1.56. The van der Waals surface area contributed by atoms with Crippen molar-refractivity contribution in [1.82, 2.24) is 14.9 Å². The van der Waals surface area contributed by atoms with E-state index in [1.165, 1.54) is 24.2 Å². The normalized spacial score (nSPS) is 14.7. The number of aliphatic hydroxyl groups is 1. The van der Waals surface area contributed by atoms with Crippen LogP contribution in [0.5, 0.6) is 0 Å². The molecule has 1 unspecified atom stereocenters. The lowest BCUT2D eigenvalue weighted by atomic mass is 10.1. The fraction of sp³-hybridized carbons (Fsp3) is 0.241. The van der Waals surface area contributed by atoms with Gasteiger partial charge in [0.2, 0.25) is 0 Å². The number of nitrogens with one attached hydrogen (secondary N) is 1. The Kier molecular flexibility index (Phi) is 9.13. The number of aliphatic imine (C=N–C) groups is 1. The van der Waals surface area contributed by atoms with Crippen LogP contribution in [-0.4, -0.2) is 62.4 Å². The molecule has 1 fully saturated rings. The molecular formula is C29H26ClF3N7O3+. The number of aryl methyl sites for hydroxylation is 1. The van der Waals surface area contributed by atoms with Gasteiger partial charge >= 0.3 is 6.18 Å². The van der Waals surface area contributed by atoms with Crippen molar-refractivity contribution >= 4 is 52.2 Å². The summed E-state index contributed by atoms with van der Waals surface area (Å²) in [5, 5.41) is 17.9. The van der Waals surface area contributed by atoms with E-state index >= 15 is 0 Å². The highest BCUT2D eigenvalue weighted by Gasteiger charge is 2.34. The Labute approximate surface area is 249 Å². The predicted molar refractivity (Wildman–Crippen MR) is 155 cm³/mol. The standard InChI is InChI=1S/C29H25ClF3N7O3/c1-15-3-6-19(39-27(42)18-4-7-22(30)21(12-18)29(31,32)33)11-17(15)5-8-23(34)24-25(35)36-14-37-26(24)38-20-9-10-40(13-20)28(43)16(2)41/h3-4,6-7,11-12,14,16,34,41H,9-10,13H2,1-2H3,(H,39,42)(H2,35,36,37)/p+1. The number of nitrogen functional groups attached to an aromatic ring is 1. The maximum absolute atomic E-state index is 13.2. The van der Waals surface area contributed by atoms with E-state index in [4.69, 9.17) is 22.7 Å². The van der Waals surface area contributed by atoms with E-state index in [1.807, 2.05) is 0 Å². The number of nitrogens with zero attached hydrogens (tertiary/aromatic N) is 4. The number of carbonyl (C=O) groups excluding carboxylic acids is 2. The number of halogens is 4. The van der Waals surface area contributed by atoms with Crippen LogP contribution in [0.4, 0.5) is 30.5 Å². The van der Waals surface area contributed by atoms with E-state index in [2.05, 4.69) is 32.1 Å². The molecule has 222 valence electrons. The van der Waals surface area contributed by atoms with Crippen molar-refractivity contribution in [2.45, 2.75) is 32.5 Å². The van der Waals surface area contributed by atoms with Gasteiger partial charge in [0.1, 0.15) is 23.8 Å². The molecule has 1 aliphatic heterocycles. The summed E-state index contributed by atoms with van der Waals surface area (Å²) in [5.41, 5.74) is 7.08. The van der Waals surface area contributed by atoms with Gasteiger partial charge in [0.05, 0.1) is 17.1 Å². The van der Waals surface area contributed by atoms with Gasteiger partial charge in [0, 0.05) is 41.4 Å². The molecule has 2 amide bonds. The zero-order chi connectivity index (χ0) is 31.5. The lowest BCUT2D eigenvalue weighted by molar-refractivity contribution is -0.138. The molecule has 1 aromatic heterocycles. The number of rotatable bonds is 5. The highest BCUT2D eigenvalue weighted by molar-refractivity contribution is 6.31. The first-order valence-electron chi connectivity index (χ1n) is 12.8. The number of hydrogen-bond donors (Lipinski definition) is 4. The number of aliphatic hydroxyl groups excluding tert-OH is 1. The van der Waals surface area contributed by atoms with Crippen LogP contribution >= 0.6 is 11.6 Å². The molecule has 4 rings (SSSR count). The number of amides is 2. The third-order valence-electron chi connectivity index (χ3n) is 6.46. The second kappa shape index (κ2) is 12.6. The lowest BCUT2D eigenvalue weighted by Gasteiger charge is -2.16. The molecule has 2 heterocycles. The number of nitrogens with two attached hydrogens (primary N) is 2. The zero-order valence-electron chi connectivity index (χ0n) is 23.0. The number of aromatic nitrogens is 2. The Morgan fingerprint density at radius 3 is 2.67 bits per heavy atom. The third-order valence-corrected chi connectivity index (χ3v) is 6.79. The van der Waals surface area contributed by atoms with E-state index in [-0.39, 0.29) is 40.7 Å². The fourth-order valence-corrected chi connectivity index (χ4v) is 4.41. The average Bonchev–Trinajstić information content (AvgIpc) is 3.40. The molecular weight excluding hydrogens is 587 g/mol. The van der Waals surface area contributed by atoms with Crippen LogP contribution in [0.1, 0.15) is 46.0 Å². The SMILES string of the molecule is Cc1ccc(NC(=O)c2ccc(Cl)c(C(F)(F)F)c2)cc1C#CC(=[NH2+])c1c(N)ncnc1N=C1CCN(C(=O)C(C)O)C1. The first-order chi connectivity index (χ1) is 20.2. The van der Waals surface area contributed by atoms with E-state index < -0.39 is 34.7 Å². The molecule has 0 aliphatic carbocycles. The van der Waals surface area contributed by atoms with Gasteiger partial charge in [-0.3, -0.25) is 9.59 Å². The Morgan fingerprint density at radius 1 is 1.23 bits per heavy atom. The summed E-state index contributed by atoms with van der Waals surface area (Å²) < 4.78 is 39.7. The van der Waals surface area contributed by atoms with Gasteiger partial charge in [-0.1, -0.05) is 23.6 Å². The van der Waals surface area contributed by atoms with Gasteiger partial charge in [-0.25, -0.2) is 20.4 Å². The van der Waals surface area contributed by atoms with Crippen LogP contribution in [-0.2, 0) is 11.0 Å². The minimum atomic E-state index is -4.72. The van der Waals surface area contributed by atoms with Gasteiger partial charge in [-0.2, -0.15) is 13.2 Å². The summed E-state index contributed by atoms with van der Waals surface area (Å²) >= 11 is 5.65. The molecule has 14 heteroatoms. The molecule has 0 spiro atoms. The van der Waals surface area contributed by atoms with Crippen LogP contribution in [0.3, 0.4) is 0 Å². The van der Waals surface area contributed by atoms with Crippen molar-refractivity contribution in [3.05, 3.63) is 75.6 Å². The summed E-state index contributed by atoms with van der Waals surface area (Å²) in [7, 11) is 0. The summed E-state index contributed by atoms with van der Waals surface area (Å²) in [6.07, 6.45) is -4.15. The van der Waals surface area contributed by atoms with Crippen LogP contribution in [0.25, 0.3) is 0 Å². The minimum absolute atomic E-state index is 0.0158. The van der Waals surface area contributed by atoms with Gasteiger partial charge in [-0.15, -0.1) is 0 Å². The highest BCUT2D eigenvalue weighted by Crippen LogP contribution is 2.35. The van der Waals surface area contributed by atoms with Crippen LogP contribution in [0.2, 0.25) is 5.02 Å². The van der Waals surface area contributed by atoms with Gasteiger partial charge in [-0.05, 0) is 49.7 Å². The summed E-state index contributed by atoms with van der Waals surface area (Å²) in [6.45, 7) is 3.78. The van der Waals surface area contributed by atoms with E-state index in [0.717, 1.165) is 11.6 Å². The molecule has 0 bridgehead atoms. The first kappa shape index (κ1) is 31.1. The topological polar surface area (TPSA) is 159 Å². The number of alkyl halides is 3. The lowest BCUT2D eigenvalue weighted by Crippen LogP contribution is -2.40. The quantitative estimate of drug-likeness (QED) is 0.256. The van der Waals surface area contributed by atoms with Crippen molar-refractivity contribution < 1.29 is 33.3 Å². The minimum Gasteiger partial charge on any atom is -0.384 e. The van der Waals surface area contributed by atoms with E-state index in [9.17, 15) is 27.9 Å². The highest BCUT2D eigenvalue weighted by atomic mass is 35.5. The van der Waals surface area contributed by atoms with Gasteiger partial charge in [0.15, 0.2) is 5.82 Å². The molecule has 10 nitrogen and oxygen atoms in total. The number of likely N-dealkylation sites (tertiary alicyclic amines) is 1. The van der Waals surface area contributed by atoms with Crippen molar-refractivity contribution in [3.8, 4) is 11.8 Å². The Bertz CT molecular complexity index is 1710. The molecule has 1 saturated heterocycles. The summed E-state index contributed by atoms with van der Waals surface area (Å²) in [6, 6.07) is 7.70. The second-order valence-electron chi connectivity index (χ2n) is 9.66. The van der Waals surface area contributed by atoms with E-state index in [0.29, 0.717) is 30.3 Å². The smallest absolute Gasteiger partial charge is 0.384 e. The number of carbonyl (C=O) groups is 2. The van der Waals surface area contributed by atoms with Crippen molar-refractivity contribution in [1.29, 1.82) is 0 Å². The largest absolute Gasteiger partial charge is 0.417 e. The Morgan fingerprint density at radius 2 is 1.98 bits per heavy atom. The van der Waals surface area contributed by atoms with Crippen LogP contribution in [0.15, 0.2) is 47.7 Å². The van der Waals surface area contributed by atoms with Crippen LogP contribution in [0, 0.1) is 18.8 Å². The Hall–Kier alpha value is -4.80. The zero-order valence-corrected chi connectivity index (χ0v) is 23.7. The maximum atomic E-state index is 13.2. The molecule has 0 radical (unpaired) electrons. The molecule has 3 aromatic rings. The molecule has 0 saturated carbocycles. The molecule has 1 aliphatic rings. The van der Waals surface area contributed by atoms with Crippen LogP contribution < -0.4 is 16.5 Å². The predicted octanol–water partition coefficient (Wildman–Crippen LogP) is 2.58.